The molecule has 0 aliphatic rings. The lowest BCUT2D eigenvalue weighted by Crippen LogP contribution is -2.15. The molecule has 1 N–H and O–H groups in total. The van der Waals surface area contributed by atoms with Crippen LogP contribution in [0.3, 0.4) is 0 Å². The number of rotatable bonds is 5. The van der Waals surface area contributed by atoms with Crippen LogP contribution in [-0.2, 0) is 0 Å². The molecule has 0 fully saturated rings. The first kappa shape index (κ1) is 13.6. The standard InChI is InChI=1S/C14H19NO2/c1-15(2)10-4-12-17-14-8-6-13(7-9-14)5-3-11-16/h6-9,16H,4,10-12H2,1-2H3. The zero-order valence-corrected chi connectivity index (χ0v) is 10.4. The van der Waals surface area contributed by atoms with Crippen molar-refractivity contribution in [2.45, 2.75) is 6.42 Å². The van der Waals surface area contributed by atoms with Crippen LogP contribution in [0.2, 0.25) is 0 Å². The van der Waals surface area contributed by atoms with Gasteiger partial charge < -0.3 is 14.7 Å². The van der Waals surface area contributed by atoms with Crippen LogP contribution >= 0.6 is 0 Å². The molecule has 92 valence electrons. The Kier molecular flexibility index (Phi) is 6.16. The van der Waals surface area contributed by atoms with E-state index in [9.17, 15) is 0 Å². The largest absolute Gasteiger partial charge is 0.494 e. The fourth-order valence-corrected chi connectivity index (χ4v) is 1.35. The molecule has 0 atom stereocenters. The van der Waals surface area contributed by atoms with E-state index in [2.05, 4.69) is 30.8 Å². The Labute approximate surface area is 103 Å². The zero-order valence-electron chi connectivity index (χ0n) is 10.4. The molecule has 17 heavy (non-hydrogen) atoms. The molecular formula is C14H19NO2. The zero-order chi connectivity index (χ0) is 12.5. The molecule has 0 saturated heterocycles. The van der Waals surface area contributed by atoms with Crippen molar-refractivity contribution in [1.82, 2.24) is 4.90 Å². The fourth-order valence-electron chi connectivity index (χ4n) is 1.35. The molecule has 1 rings (SSSR count). The molecule has 0 unspecified atom stereocenters. The first-order chi connectivity index (χ1) is 8.22. The summed E-state index contributed by atoms with van der Waals surface area (Å²) in [4.78, 5) is 2.14. The van der Waals surface area contributed by atoms with E-state index in [1.807, 2.05) is 24.3 Å². The van der Waals surface area contributed by atoms with Crippen LogP contribution in [0.4, 0.5) is 0 Å². The van der Waals surface area contributed by atoms with Crippen LogP contribution in [0.5, 0.6) is 5.75 Å². The molecule has 1 aromatic rings. The Balaban J connectivity index is 2.35. The molecule has 0 aliphatic carbocycles. The number of aliphatic hydroxyl groups is 1. The molecule has 0 heterocycles. The van der Waals surface area contributed by atoms with Crippen molar-refractivity contribution in [3.8, 4) is 17.6 Å². The first-order valence-corrected chi connectivity index (χ1v) is 5.69. The highest BCUT2D eigenvalue weighted by Gasteiger charge is 1.95. The van der Waals surface area contributed by atoms with Crippen molar-refractivity contribution in [3.05, 3.63) is 29.8 Å². The van der Waals surface area contributed by atoms with Gasteiger partial charge in [-0.1, -0.05) is 11.8 Å². The number of nitrogens with zero attached hydrogens (tertiary/aromatic N) is 1. The lowest BCUT2D eigenvalue weighted by molar-refractivity contribution is 0.281. The van der Waals surface area contributed by atoms with Gasteiger partial charge in [0.1, 0.15) is 12.4 Å². The minimum absolute atomic E-state index is 0.108. The molecule has 0 aliphatic heterocycles. The molecular weight excluding hydrogens is 214 g/mol. The lowest BCUT2D eigenvalue weighted by Gasteiger charge is -2.10. The highest BCUT2D eigenvalue weighted by Crippen LogP contribution is 2.11. The van der Waals surface area contributed by atoms with Gasteiger partial charge in [-0.15, -0.1) is 0 Å². The number of hydrogen-bond acceptors (Lipinski definition) is 3. The van der Waals surface area contributed by atoms with Crippen molar-refractivity contribution in [2.75, 3.05) is 33.9 Å². The second-order valence-corrected chi connectivity index (χ2v) is 3.99. The topological polar surface area (TPSA) is 32.7 Å². The molecule has 0 aromatic heterocycles. The van der Waals surface area contributed by atoms with Crippen LogP contribution < -0.4 is 4.74 Å². The van der Waals surface area contributed by atoms with E-state index in [0.29, 0.717) is 0 Å². The normalized spacial score (nSPS) is 9.88. The second kappa shape index (κ2) is 7.72. The average molecular weight is 233 g/mol. The Morgan fingerprint density at radius 3 is 2.53 bits per heavy atom. The average Bonchev–Trinajstić information content (AvgIpc) is 2.33. The Hall–Kier alpha value is -1.50. The summed E-state index contributed by atoms with van der Waals surface area (Å²) in [6.45, 7) is 1.64. The maximum absolute atomic E-state index is 8.57. The van der Waals surface area contributed by atoms with Crippen molar-refractivity contribution >= 4 is 0 Å². The summed E-state index contributed by atoms with van der Waals surface area (Å²) >= 11 is 0. The molecule has 3 heteroatoms. The van der Waals surface area contributed by atoms with Gasteiger partial charge in [0.2, 0.25) is 0 Å². The number of hydrogen-bond donors (Lipinski definition) is 1. The van der Waals surface area contributed by atoms with Crippen LogP contribution in [0.25, 0.3) is 0 Å². The third kappa shape index (κ3) is 5.96. The van der Waals surface area contributed by atoms with Gasteiger partial charge in [0.15, 0.2) is 0 Å². The van der Waals surface area contributed by atoms with E-state index in [1.165, 1.54) is 0 Å². The highest BCUT2D eigenvalue weighted by molar-refractivity contribution is 5.38. The Morgan fingerprint density at radius 1 is 1.24 bits per heavy atom. The summed E-state index contributed by atoms with van der Waals surface area (Å²) in [6, 6.07) is 7.59. The van der Waals surface area contributed by atoms with Crippen molar-refractivity contribution < 1.29 is 9.84 Å². The van der Waals surface area contributed by atoms with Gasteiger partial charge in [-0.25, -0.2) is 0 Å². The van der Waals surface area contributed by atoms with E-state index in [-0.39, 0.29) is 6.61 Å². The molecule has 1 aromatic carbocycles. The predicted octanol–water partition coefficient (Wildman–Crippen LogP) is 1.36. The Morgan fingerprint density at radius 2 is 1.94 bits per heavy atom. The van der Waals surface area contributed by atoms with E-state index < -0.39 is 0 Å². The minimum atomic E-state index is -0.108. The molecule has 0 saturated carbocycles. The van der Waals surface area contributed by atoms with Gasteiger partial charge in [0, 0.05) is 12.1 Å². The minimum Gasteiger partial charge on any atom is -0.494 e. The van der Waals surface area contributed by atoms with Gasteiger partial charge in [-0.05, 0) is 44.8 Å². The van der Waals surface area contributed by atoms with Gasteiger partial charge >= 0.3 is 0 Å². The first-order valence-electron chi connectivity index (χ1n) is 5.69. The van der Waals surface area contributed by atoms with Crippen molar-refractivity contribution in [2.24, 2.45) is 0 Å². The molecule has 0 spiro atoms. The number of aliphatic hydroxyl groups excluding tert-OH is 1. The fraction of sp³-hybridized carbons (Fsp3) is 0.429. The van der Waals surface area contributed by atoms with Gasteiger partial charge in [-0.3, -0.25) is 0 Å². The summed E-state index contributed by atoms with van der Waals surface area (Å²) in [5.41, 5.74) is 0.889. The van der Waals surface area contributed by atoms with E-state index in [4.69, 9.17) is 9.84 Å². The lowest BCUT2D eigenvalue weighted by atomic mass is 10.2. The summed E-state index contributed by atoms with van der Waals surface area (Å²) in [5.74, 6) is 6.31. The smallest absolute Gasteiger partial charge is 0.119 e. The Bertz CT molecular complexity index is 373. The molecule has 3 nitrogen and oxygen atoms in total. The SMILES string of the molecule is CN(C)CCCOc1ccc(C#CCO)cc1. The quantitative estimate of drug-likeness (QED) is 0.616. The summed E-state index contributed by atoms with van der Waals surface area (Å²) < 4.78 is 5.59. The highest BCUT2D eigenvalue weighted by atomic mass is 16.5. The van der Waals surface area contributed by atoms with E-state index in [1.54, 1.807) is 0 Å². The molecule has 0 amide bonds. The monoisotopic (exact) mass is 233 g/mol. The summed E-state index contributed by atoms with van der Waals surface area (Å²) in [5, 5.41) is 8.57. The van der Waals surface area contributed by atoms with Crippen LogP contribution in [-0.4, -0.2) is 43.9 Å². The van der Waals surface area contributed by atoms with Crippen LogP contribution in [0.15, 0.2) is 24.3 Å². The summed E-state index contributed by atoms with van der Waals surface area (Å²) in [7, 11) is 4.10. The van der Waals surface area contributed by atoms with Crippen LogP contribution in [0, 0.1) is 11.8 Å². The molecule has 0 bridgehead atoms. The summed E-state index contributed by atoms with van der Waals surface area (Å²) in [6.07, 6.45) is 1.01. The number of ether oxygens (including phenoxy) is 1. The maximum Gasteiger partial charge on any atom is 0.119 e. The van der Waals surface area contributed by atoms with E-state index in [0.717, 1.165) is 30.9 Å². The third-order valence-corrected chi connectivity index (χ3v) is 2.18. The second-order valence-electron chi connectivity index (χ2n) is 3.99. The van der Waals surface area contributed by atoms with Gasteiger partial charge in [0.25, 0.3) is 0 Å². The van der Waals surface area contributed by atoms with Crippen molar-refractivity contribution in [3.63, 3.8) is 0 Å². The molecule has 0 radical (unpaired) electrons. The predicted molar refractivity (Wildman–Crippen MR) is 69.1 cm³/mol. The van der Waals surface area contributed by atoms with E-state index >= 15 is 0 Å². The van der Waals surface area contributed by atoms with Crippen molar-refractivity contribution in [1.29, 1.82) is 0 Å². The van der Waals surface area contributed by atoms with Crippen LogP contribution in [0.1, 0.15) is 12.0 Å². The third-order valence-electron chi connectivity index (χ3n) is 2.18. The van der Waals surface area contributed by atoms with Gasteiger partial charge in [0.05, 0.1) is 6.61 Å². The maximum atomic E-state index is 8.57. The van der Waals surface area contributed by atoms with Gasteiger partial charge in [-0.2, -0.15) is 0 Å². The number of benzene rings is 1.